The van der Waals surface area contributed by atoms with Gasteiger partial charge in [-0.3, -0.25) is 4.79 Å². The Morgan fingerprint density at radius 3 is 2.86 bits per heavy atom. The Bertz CT molecular complexity index is 659. The number of rotatable bonds is 5. The molecule has 1 heterocycles. The van der Waals surface area contributed by atoms with Crippen LogP contribution in [-0.4, -0.2) is 21.2 Å². The van der Waals surface area contributed by atoms with Gasteiger partial charge >= 0.3 is 5.97 Å². The smallest absolute Gasteiger partial charge is 0.307 e. The monoisotopic (exact) mass is 312 g/mol. The molecular weight excluding hydrogens is 299 g/mol. The molecule has 0 saturated heterocycles. The van der Waals surface area contributed by atoms with Gasteiger partial charge < -0.3 is 9.63 Å². The first-order chi connectivity index (χ1) is 9.90. The van der Waals surface area contributed by atoms with Crippen molar-refractivity contribution in [3.63, 3.8) is 0 Å². The Morgan fingerprint density at radius 1 is 1.48 bits per heavy atom. The van der Waals surface area contributed by atoms with Crippen molar-refractivity contribution in [2.24, 2.45) is 5.92 Å². The summed E-state index contributed by atoms with van der Waals surface area (Å²) in [5, 5.41) is 12.8. The molecule has 0 aliphatic heterocycles. The fraction of sp³-hybridized carbons (Fsp3) is 0.357. The standard InChI is InChI=1S/C14H14ClFN2O3/c1-7(8(2)14(19)20)13-17-11(18-21-13)6-9-4-3-5-10(15)12(9)16/h3-5,7-8H,6H2,1-2H3,(H,19,20). The average Bonchev–Trinajstić information content (AvgIpc) is 2.90. The van der Waals surface area contributed by atoms with Crippen molar-refractivity contribution in [1.29, 1.82) is 0 Å². The number of benzene rings is 1. The van der Waals surface area contributed by atoms with E-state index in [9.17, 15) is 9.18 Å². The Labute approximate surface area is 125 Å². The molecular formula is C14H14ClFN2O3. The number of hydrogen-bond donors (Lipinski definition) is 1. The number of carboxylic acid groups (broad SMARTS) is 1. The highest BCUT2D eigenvalue weighted by Crippen LogP contribution is 2.24. The zero-order chi connectivity index (χ0) is 15.6. The molecule has 2 unspecified atom stereocenters. The van der Waals surface area contributed by atoms with Crippen molar-refractivity contribution in [2.75, 3.05) is 0 Å². The summed E-state index contributed by atoms with van der Waals surface area (Å²) in [6.45, 7) is 3.25. The molecule has 1 aromatic heterocycles. The quantitative estimate of drug-likeness (QED) is 0.917. The minimum atomic E-state index is -0.942. The first-order valence-electron chi connectivity index (χ1n) is 6.38. The molecule has 0 saturated carbocycles. The minimum Gasteiger partial charge on any atom is -0.481 e. The average molecular weight is 313 g/mol. The van der Waals surface area contributed by atoms with Crippen LogP contribution in [0.15, 0.2) is 22.7 Å². The number of hydrogen-bond acceptors (Lipinski definition) is 4. The van der Waals surface area contributed by atoms with Crippen molar-refractivity contribution in [2.45, 2.75) is 26.2 Å². The first kappa shape index (κ1) is 15.4. The molecule has 0 spiro atoms. The molecule has 1 N–H and O–H groups in total. The second-order valence-electron chi connectivity index (χ2n) is 4.85. The topological polar surface area (TPSA) is 76.2 Å². The Morgan fingerprint density at radius 2 is 2.19 bits per heavy atom. The molecule has 2 rings (SSSR count). The summed E-state index contributed by atoms with van der Waals surface area (Å²) >= 11 is 5.71. The molecule has 0 radical (unpaired) electrons. The van der Waals surface area contributed by atoms with Crippen LogP contribution in [0.25, 0.3) is 0 Å². The van der Waals surface area contributed by atoms with Gasteiger partial charge in [0.05, 0.1) is 10.9 Å². The maximum atomic E-state index is 13.8. The highest BCUT2D eigenvalue weighted by Gasteiger charge is 2.26. The molecule has 5 nitrogen and oxygen atoms in total. The molecule has 1 aromatic carbocycles. The Kier molecular flexibility index (Phi) is 4.57. The summed E-state index contributed by atoms with van der Waals surface area (Å²) < 4.78 is 18.9. The van der Waals surface area contributed by atoms with Crippen LogP contribution >= 0.6 is 11.6 Å². The molecule has 0 amide bonds. The summed E-state index contributed by atoms with van der Waals surface area (Å²) in [4.78, 5) is 15.1. The van der Waals surface area contributed by atoms with Crippen molar-refractivity contribution >= 4 is 17.6 Å². The number of halogens is 2. The van der Waals surface area contributed by atoms with Crippen LogP contribution < -0.4 is 0 Å². The van der Waals surface area contributed by atoms with Crippen LogP contribution in [0.3, 0.4) is 0 Å². The van der Waals surface area contributed by atoms with Gasteiger partial charge in [-0.1, -0.05) is 42.7 Å². The number of carbonyl (C=O) groups is 1. The van der Waals surface area contributed by atoms with Crippen LogP contribution in [-0.2, 0) is 11.2 Å². The maximum absolute atomic E-state index is 13.8. The van der Waals surface area contributed by atoms with Gasteiger partial charge in [-0.05, 0) is 11.6 Å². The van der Waals surface area contributed by atoms with Crippen molar-refractivity contribution in [3.05, 3.63) is 46.3 Å². The summed E-state index contributed by atoms with van der Waals surface area (Å²) in [5.41, 5.74) is 0.355. The van der Waals surface area contributed by atoms with E-state index in [0.717, 1.165) is 0 Å². The summed E-state index contributed by atoms with van der Waals surface area (Å²) in [7, 11) is 0. The van der Waals surface area contributed by atoms with E-state index in [1.54, 1.807) is 26.0 Å². The van der Waals surface area contributed by atoms with Crippen LogP contribution in [0.4, 0.5) is 4.39 Å². The van der Waals surface area contributed by atoms with E-state index in [-0.39, 0.29) is 23.2 Å². The van der Waals surface area contributed by atoms with Gasteiger partial charge in [0.15, 0.2) is 5.82 Å². The van der Waals surface area contributed by atoms with Crippen molar-refractivity contribution in [3.8, 4) is 0 Å². The predicted octanol–water partition coefficient (Wildman–Crippen LogP) is 3.28. The van der Waals surface area contributed by atoms with Gasteiger partial charge in [-0.25, -0.2) is 4.39 Å². The predicted molar refractivity (Wildman–Crippen MR) is 73.7 cm³/mol. The zero-order valence-electron chi connectivity index (χ0n) is 11.5. The lowest BCUT2D eigenvalue weighted by Gasteiger charge is -2.10. The van der Waals surface area contributed by atoms with E-state index in [1.165, 1.54) is 6.07 Å². The molecule has 0 bridgehead atoms. The van der Waals surface area contributed by atoms with Crippen LogP contribution in [0, 0.1) is 11.7 Å². The lowest BCUT2D eigenvalue weighted by Crippen LogP contribution is -2.16. The normalized spacial score (nSPS) is 13.9. The van der Waals surface area contributed by atoms with Crippen molar-refractivity contribution in [1.82, 2.24) is 10.1 Å². The van der Waals surface area contributed by atoms with Gasteiger partial charge in [0.1, 0.15) is 5.82 Å². The summed E-state index contributed by atoms with van der Waals surface area (Å²) in [5.74, 6) is -2.02. The second-order valence-corrected chi connectivity index (χ2v) is 5.26. The number of aromatic nitrogens is 2. The van der Waals surface area contributed by atoms with Crippen molar-refractivity contribution < 1.29 is 18.8 Å². The molecule has 0 aliphatic rings. The highest BCUT2D eigenvalue weighted by molar-refractivity contribution is 6.30. The Hall–Kier alpha value is -1.95. The third kappa shape index (κ3) is 3.39. The van der Waals surface area contributed by atoms with Crippen LogP contribution in [0.1, 0.15) is 37.0 Å². The fourth-order valence-corrected chi connectivity index (χ4v) is 2.00. The Balaban J connectivity index is 2.17. The van der Waals surface area contributed by atoms with E-state index in [4.69, 9.17) is 21.2 Å². The molecule has 2 atom stereocenters. The number of aliphatic carboxylic acids is 1. The molecule has 0 fully saturated rings. The van der Waals surface area contributed by atoms with Gasteiger partial charge in [0, 0.05) is 12.3 Å². The molecule has 2 aromatic rings. The second kappa shape index (κ2) is 6.22. The molecule has 112 valence electrons. The number of nitrogens with zero attached hydrogens (tertiary/aromatic N) is 2. The largest absolute Gasteiger partial charge is 0.481 e. The van der Waals surface area contributed by atoms with E-state index in [0.29, 0.717) is 5.56 Å². The molecule has 21 heavy (non-hydrogen) atoms. The van der Waals surface area contributed by atoms with Gasteiger partial charge in [-0.15, -0.1) is 0 Å². The van der Waals surface area contributed by atoms with Gasteiger partial charge in [0.2, 0.25) is 5.89 Å². The third-order valence-electron chi connectivity index (χ3n) is 3.39. The van der Waals surface area contributed by atoms with E-state index >= 15 is 0 Å². The molecule has 0 aliphatic carbocycles. The summed E-state index contributed by atoms with van der Waals surface area (Å²) in [6, 6.07) is 4.68. The zero-order valence-corrected chi connectivity index (χ0v) is 12.3. The lowest BCUT2D eigenvalue weighted by atomic mass is 9.96. The molecule has 7 heteroatoms. The third-order valence-corrected chi connectivity index (χ3v) is 3.68. The minimum absolute atomic E-state index is 0.0316. The highest BCUT2D eigenvalue weighted by atomic mass is 35.5. The summed E-state index contributed by atoms with van der Waals surface area (Å²) in [6.07, 6.45) is 0.129. The van der Waals surface area contributed by atoms with Crippen LogP contribution in [0.2, 0.25) is 5.02 Å². The van der Waals surface area contributed by atoms with Gasteiger partial charge in [0.25, 0.3) is 0 Å². The van der Waals surface area contributed by atoms with E-state index in [1.807, 2.05) is 0 Å². The fourth-order valence-electron chi connectivity index (χ4n) is 1.81. The van der Waals surface area contributed by atoms with Crippen LogP contribution in [0.5, 0.6) is 0 Å². The lowest BCUT2D eigenvalue weighted by molar-refractivity contribution is -0.141. The SMILES string of the molecule is CC(C(=O)O)C(C)c1nc(Cc2cccc(Cl)c2F)no1. The van der Waals surface area contributed by atoms with E-state index in [2.05, 4.69) is 10.1 Å². The number of carboxylic acids is 1. The maximum Gasteiger partial charge on any atom is 0.307 e. The first-order valence-corrected chi connectivity index (χ1v) is 6.76. The van der Waals surface area contributed by atoms with Gasteiger partial charge in [-0.2, -0.15) is 4.98 Å². The van der Waals surface area contributed by atoms with E-state index < -0.39 is 23.6 Å².